The molecule has 1 aliphatic rings. The molecule has 3 rings (SSSR count). The lowest BCUT2D eigenvalue weighted by molar-refractivity contribution is 0.178. The van der Waals surface area contributed by atoms with E-state index in [2.05, 4.69) is 12.1 Å². The van der Waals surface area contributed by atoms with Gasteiger partial charge in [0.05, 0.1) is 6.10 Å². The second-order valence-corrected chi connectivity index (χ2v) is 6.24. The normalized spacial score (nSPS) is 16.1. The number of hydrogen-bond acceptors (Lipinski definition) is 1. The van der Waals surface area contributed by atoms with E-state index in [4.69, 9.17) is 23.2 Å². The molecule has 0 aromatic heterocycles. The molecule has 1 fully saturated rings. The van der Waals surface area contributed by atoms with Crippen molar-refractivity contribution in [3.63, 3.8) is 0 Å². The van der Waals surface area contributed by atoms with Gasteiger partial charge in [-0.05, 0) is 53.6 Å². The summed E-state index contributed by atoms with van der Waals surface area (Å²) in [5.74, 6) is 0.739. The van der Waals surface area contributed by atoms with Crippen molar-refractivity contribution in [2.45, 2.75) is 31.3 Å². The molecule has 104 valence electrons. The van der Waals surface area contributed by atoms with Gasteiger partial charge in [0.1, 0.15) is 0 Å². The van der Waals surface area contributed by atoms with Crippen LogP contribution in [-0.2, 0) is 6.42 Å². The fourth-order valence-electron chi connectivity index (χ4n) is 2.43. The molecule has 0 spiro atoms. The third kappa shape index (κ3) is 3.17. The average molecular weight is 307 g/mol. The highest BCUT2D eigenvalue weighted by atomic mass is 35.5. The molecule has 1 saturated carbocycles. The van der Waals surface area contributed by atoms with Crippen molar-refractivity contribution in [1.82, 2.24) is 0 Å². The summed E-state index contributed by atoms with van der Waals surface area (Å²) in [6.07, 6.45) is 2.50. The van der Waals surface area contributed by atoms with Gasteiger partial charge in [0.25, 0.3) is 0 Å². The van der Waals surface area contributed by atoms with Gasteiger partial charge in [-0.25, -0.2) is 0 Å². The van der Waals surface area contributed by atoms with Crippen LogP contribution in [0.15, 0.2) is 42.5 Å². The first-order valence-corrected chi connectivity index (χ1v) is 7.61. The largest absolute Gasteiger partial charge is 0.388 e. The summed E-state index contributed by atoms with van der Waals surface area (Å²) in [7, 11) is 0. The van der Waals surface area contributed by atoms with E-state index >= 15 is 0 Å². The van der Waals surface area contributed by atoms with Crippen molar-refractivity contribution >= 4 is 23.2 Å². The molecule has 0 radical (unpaired) electrons. The van der Waals surface area contributed by atoms with Crippen LogP contribution in [-0.4, -0.2) is 5.11 Å². The SMILES string of the molecule is OC(Cc1cc(Cl)ccc1Cl)c1ccc(C2CC2)cc1. The zero-order valence-corrected chi connectivity index (χ0v) is 12.5. The van der Waals surface area contributed by atoms with Gasteiger partial charge < -0.3 is 5.11 Å². The maximum atomic E-state index is 10.3. The van der Waals surface area contributed by atoms with Crippen molar-refractivity contribution in [3.8, 4) is 0 Å². The van der Waals surface area contributed by atoms with E-state index < -0.39 is 6.10 Å². The molecule has 1 unspecified atom stereocenters. The van der Waals surface area contributed by atoms with Crippen LogP contribution in [0.4, 0.5) is 0 Å². The van der Waals surface area contributed by atoms with E-state index in [1.807, 2.05) is 18.2 Å². The summed E-state index contributed by atoms with van der Waals surface area (Å²) in [6.45, 7) is 0. The zero-order valence-electron chi connectivity index (χ0n) is 11.0. The quantitative estimate of drug-likeness (QED) is 0.828. The lowest BCUT2D eigenvalue weighted by Crippen LogP contribution is -2.02. The highest BCUT2D eigenvalue weighted by Crippen LogP contribution is 2.40. The number of hydrogen-bond donors (Lipinski definition) is 1. The Hall–Kier alpha value is -1.02. The van der Waals surface area contributed by atoms with Crippen LogP contribution >= 0.6 is 23.2 Å². The van der Waals surface area contributed by atoms with Crippen LogP contribution in [0.5, 0.6) is 0 Å². The number of aliphatic hydroxyl groups excluding tert-OH is 1. The van der Waals surface area contributed by atoms with Crippen molar-refractivity contribution in [1.29, 1.82) is 0 Å². The van der Waals surface area contributed by atoms with Crippen LogP contribution in [0.2, 0.25) is 10.0 Å². The first-order valence-electron chi connectivity index (χ1n) is 6.85. The molecule has 0 heterocycles. The van der Waals surface area contributed by atoms with E-state index in [-0.39, 0.29) is 0 Å². The molecule has 1 atom stereocenters. The molecule has 0 saturated heterocycles. The van der Waals surface area contributed by atoms with Gasteiger partial charge in [-0.2, -0.15) is 0 Å². The minimum Gasteiger partial charge on any atom is -0.388 e. The molecule has 1 aliphatic carbocycles. The highest BCUT2D eigenvalue weighted by molar-refractivity contribution is 6.33. The standard InChI is InChI=1S/C17H16Cl2O/c18-15-7-8-16(19)14(9-15)10-17(20)13-5-3-12(4-6-13)11-1-2-11/h3-9,11,17,20H,1-2,10H2. The Bertz CT molecular complexity index is 603. The van der Waals surface area contributed by atoms with E-state index in [1.165, 1.54) is 18.4 Å². The van der Waals surface area contributed by atoms with Gasteiger partial charge >= 0.3 is 0 Å². The number of halogens is 2. The van der Waals surface area contributed by atoms with Gasteiger partial charge in [0.15, 0.2) is 0 Å². The number of benzene rings is 2. The Morgan fingerprint density at radius 2 is 1.75 bits per heavy atom. The highest BCUT2D eigenvalue weighted by Gasteiger charge is 2.23. The summed E-state index contributed by atoms with van der Waals surface area (Å²) < 4.78 is 0. The topological polar surface area (TPSA) is 20.2 Å². The molecule has 20 heavy (non-hydrogen) atoms. The van der Waals surface area contributed by atoms with Crippen molar-refractivity contribution in [3.05, 3.63) is 69.2 Å². The number of aliphatic hydroxyl groups is 1. The molecule has 0 aliphatic heterocycles. The lowest BCUT2D eigenvalue weighted by Gasteiger charge is -2.13. The van der Waals surface area contributed by atoms with Crippen LogP contribution in [0, 0.1) is 0 Å². The minimum atomic E-state index is -0.556. The van der Waals surface area contributed by atoms with Crippen LogP contribution in [0.25, 0.3) is 0 Å². The molecule has 1 N–H and O–H groups in total. The summed E-state index contributed by atoms with van der Waals surface area (Å²) in [5.41, 5.74) is 3.17. The lowest BCUT2D eigenvalue weighted by atomic mass is 9.99. The molecule has 3 heteroatoms. The summed E-state index contributed by atoms with van der Waals surface area (Å²) in [6, 6.07) is 13.6. The maximum Gasteiger partial charge on any atom is 0.0830 e. The van der Waals surface area contributed by atoms with Gasteiger partial charge in [0, 0.05) is 16.5 Å². The first-order chi connectivity index (χ1) is 9.63. The molecular weight excluding hydrogens is 291 g/mol. The Labute approximate surface area is 129 Å². The van der Waals surface area contributed by atoms with Gasteiger partial charge in [0.2, 0.25) is 0 Å². The fraction of sp³-hybridized carbons (Fsp3) is 0.294. The van der Waals surface area contributed by atoms with E-state index in [9.17, 15) is 5.11 Å². The Kier molecular flexibility index (Phi) is 4.02. The molecule has 0 amide bonds. The maximum absolute atomic E-state index is 10.3. The van der Waals surface area contributed by atoms with Gasteiger partial charge in [-0.3, -0.25) is 0 Å². The predicted molar refractivity (Wildman–Crippen MR) is 83.5 cm³/mol. The third-order valence-corrected chi connectivity index (χ3v) is 4.39. The van der Waals surface area contributed by atoms with E-state index in [0.717, 1.165) is 17.0 Å². The van der Waals surface area contributed by atoms with Gasteiger partial charge in [-0.1, -0.05) is 47.5 Å². The van der Waals surface area contributed by atoms with E-state index in [0.29, 0.717) is 16.5 Å². The second-order valence-electron chi connectivity index (χ2n) is 5.40. The minimum absolute atomic E-state index is 0.474. The van der Waals surface area contributed by atoms with Crippen LogP contribution in [0.3, 0.4) is 0 Å². The van der Waals surface area contributed by atoms with E-state index in [1.54, 1.807) is 12.1 Å². The molecule has 2 aromatic carbocycles. The summed E-state index contributed by atoms with van der Waals surface area (Å²) >= 11 is 12.1. The first kappa shape index (κ1) is 13.9. The van der Waals surface area contributed by atoms with Crippen LogP contribution < -0.4 is 0 Å². The zero-order chi connectivity index (χ0) is 14.1. The molecular formula is C17H16Cl2O. The van der Waals surface area contributed by atoms with Crippen molar-refractivity contribution in [2.24, 2.45) is 0 Å². The van der Waals surface area contributed by atoms with Crippen LogP contribution in [0.1, 0.15) is 41.6 Å². The van der Waals surface area contributed by atoms with Crippen molar-refractivity contribution < 1.29 is 5.11 Å². The summed E-state index contributed by atoms with van der Waals surface area (Å²) in [5, 5.41) is 11.6. The summed E-state index contributed by atoms with van der Waals surface area (Å²) in [4.78, 5) is 0. The predicted octanol–water partition coefficient (Wildman–Crippen LogP) is 5.15. The third-order valence-electron chi connectivity index (χ3n) is 3.79. The number of rotatable bonds is 4. The Morgan fingerprint density at radius 3 is 2.40 bits per heavy atom. The molecule has 2 aromatic rings. The average Bonchev–Trinajstić information content (AvgIpc) is 3.27. The van der Waals surface area contributed by atoms with Crippen molar-refractivity contribution in [2.75, 3.05) is 0 Å². The Morgan fingerprint density at radius 1 is 1.05 bits per heavy atom. The Balaban J connectivity index is 1.74. The fourth-order valence-corrected chi connectivity index (χ4v) is 2.82. The second kappa shape index (κ2) is 5.77. The molecule has 0 bridgehead atoms. The monoisotopic (exact) mass is 306 g/mol. The smallest absolute Gasteiger partial charge is 0.0830 e. The molecule has 1 nitrogen and oxygen atoms in total. The van der Waals surface area contributed by atoms with Gasteiger partial charge in [-0.15, -0.1) is 0 Å².